The van der Waals surface area contributed by atoms with Crippen molar-refractivity contribution in [3.63, 3.8) is 0 Å². The van der Waals surface area contributed by atoms with E-state index in [-0.39, 0.29) is 0 Å². The van der Waals surface area contributed by atoms with Gasteiger partial charge in [-0.2, -0.15) is 0 Å². The third-order valence-corrected chi connectivity index (χ3v) is 3.28. The highest BCUT2D eigenvalue weighted by molar-refractivity contribution is 7.09. The molecule has 0 aromatic carbocycles. The Labute approximate surface area is 93.0 Å². The van der Waals surface area contributed by atoms with E-state index in [9.17, 15) is 0 Å². The topological polar surface area (TPSA) is 51.8 Å². The van der Waals surface area contributed by atoms with Crippen molar-refractivity contribution < 1.29 is 0 Å². The van der Waals surface area contributed by atoms with Gasteiger partial charge in [-0.05, 0) is 25.5 Å². The summed E-state index contributed by atoms with van der Waals surface area (Å²) < 4.78 is 0. The van der Waals surface area contributed by atoms with Crippen molar-refractivity contribution in [2.45, 2.75) is 20.3 Å². The molecule has 0 saturated heterocycles. The normalized spacial score (nSPS) is 10.5. The van der Waals surface area contributed by atoms with Crippen LogP contribution < -0.4 is 5.73 Å². The Bertz CT molecular complexity index is 456. The van der Waals surface area contributed by atoms with Gasteiger partial charge in [0.1, 0.15) is 5.82 Å². The van der Waals surface area contributed by atoms with E-state index < -0.39 is 0 Å². The molecular weight excluding hydrogens is 206 g/mol. The summed E-state index contributed by atoms with van der Waals surface area (Å²) in [7, 11) is 0. The first-order chi connectivity index (χ1) is 7.16. The molecule has 78 valence electrons. The molecule has 0 atom stereocenters. The zero-order valence-corrected chi connectivity index (χ0v) is 9.64. The number of thiazole rings is 1. The Morgan fingerprint density at radius 3 is 2.80 bits per heavy atom. The highest BCUT2D eigenvalue weighted by Gasteiger charge is 2.07. The van der Waals surface area contributed by atoms with Crippen molar-refractivity contribution in [2.24, 2.45) is 0 Å². The van der Waals surface area contributed by atoms with Crippen LogP contribution in [0.4, 0.5) is 5.82 Å². The third-order valence-electron chi connectivity index (χ3n) is 2.32. The molecule has 0 fully saturated rings. The maximum Gasteiger partial charge on any atom is 0.127 e. The molecule has 15 heavy (non-hydrogen) atoms. The summed E-state index contributed by atoms with van der Waals surface area (Å²) in [5.41, 5.74) is 9.17. The van der Waals surface area contributed by atoms with E-state index in [2.05, 4.69) is 15.3 Å². The Hall–Kier alpha value is -1.42. The van der Waals surface area contributed by atoms with E-state index in [1.807, 2.05) is 19.9 Å². The van der Waals surface area contributed by atoms with E-state index in [0.29, 0.717) is 5.82 Å². The molecule has 2 N–H and O–H groups in total. The first-order valence-corrected chi connectivity index (χ1v) is 5.65. The number of anilines is 1. The molecule has 2 aromatic rings. The fourth-order valence-electron chi connectivity index (χ4n) is 1.47. The summed E-state index contributed by atoms with van der Waals surface area (Å²) >= 11 is 1.67. The smallest absolute Gasteiger partial charge is 0.127 e. The number of rotatable bonds is 2. The number of hydrogen-bond acceptors (Lipinski definition) is 4. The first-order valence-electron chi connectivity index (χ1n) is 4.78. The van der Waals surface area contributed by atoms with Gasteiger partial charge in [-0.15, -0.1) is 11.3 Å². The van der Waals surface area contributed by atoms with Crippen LogP contribution in [0.25, 0.3) is 0 Å². The van der Waals surface area contributed by atoms with E-state index in [0.717, 1.165) is 22.7 Å². The lowest BCUT2D eigenvalue weighted by atomic mass is 10.1. The van der Waals surface area contributed by atoms with Crippen LogP contribution in [0.1, 0.15) is 21.8 Å². The van der Waals surface area contributed by atoms with Crippen molar-refractivity contribution >= 4 is 17.2 Å². The van der Waals surface area contributed by atoms with Gasteiger partial charge >= 0.3 is 0 Å². The summed E-state index contributed by atoms with van der Waals surface area (Å²) in [5, 5.41) is 3.15. The molecule has 0 radical (unpaired) electrons. The van der Waals surface area contributed by atoms with Gasteiger partial charge in [0.2, 0.25) is 0 Å². The molecule has 2 heterocycles. The number of nitrogen functional groups attached to an aromatic ring is 1. The third kappa shape index (κ3) is 2.15. The molecular formula is C11H13N3S. The Morgan fingerprint density at radius 1 is 1.40 bits per heavy atom. The van der Waals surface area contributed by atoms with E-state index in [1.54, 1.807) is 17.5 Å². The van der Waals surface area contributed by atoms with E-state index in [1.165, 1.54) is 5.56 Å². The minimum absolute atomic E-state index is 0.614. The molecule has 0 spiro atoms. The Morgan fingerprint density at radius 2 is 2.20 bits per heavy atom. The van der Waals surface area contributed by atoms with Gasteiger partial charge < -0.3 is 5.73 Å². The fraction of sp³-hybridized carbons (Fsp3) is 0.273. The van der Waals surface area contributed by atoms with Crippen molar-refractivity contribution in [3.05, 3.63) is 39.5 Å². The van der Waals surface area contributed by atoms with E-state index in [4.69, 9.17) is 5.73 Å². The second-order valence-corrected chi connectivity index (χ2v) is 4.49. The quantitative estimate of drug-likeness (QED) is 0.843. The maximum absolute atomic E-state index is 5.84. The van der Waals surface area contributed by atoms with Crippen molar-refractivity contribution in [1.82, 2.24) is 9.97 Å². The lowest BCUT2D eigenvalue weighted by Crippen LogP contribution is -2.00. The second-order valence-electron chi connectivity index (χ2n) is 3.55. The summed E-state index contributed by atoms with van der Waals surface area (Å²) in [6, 6.07) is 1.98. The Balaban J connectivity index is 2.31. The second kappa shape index (κ2) is 3.98. The monoisotopic (exact) mass is 219 g/mol. The molecule has 2 rings (SSSR count). The van der Waals surface area contributed by atoms with Crippen LogP contribution in [0.5, 0.6) is 0 Å². The zero-order valence-electron chi connectivity index (χ0n) is 8.82. The van der Waals surface area contributed by atoms with Crippen molar-refractivity contribution in [2.75, 3.05) is 5.73 Å². The number of aromatic nitrogens is 2. The lowest BCUT2D eigenvalue weighted by molar-refractivity contribution is 1.07. The van der Waals surface area contributed by atoms with Gasteiger partial charge in [-0.25, -0.2) is 9.97 Å². The standard InChI is InChI=1S/C11H13N3S/c1-7-3-4-13-11(12)9(7)5-10-14-8(2)6-15-10/h3-4,6H,5H2,1-2H3,(H2,12,13). The van der Waals surface area contributed by atoms with Crippen LogP contribution in [-0.2, 0) is 6.42 Å². The molecule has 3 nitrogen and oxygen atoms in total. The average molecular weight is 219 g/mol. The van der Waals surface area contributed by atoms with E-state index >= 15 is 0 Å². The molecule has 4 heteroatoms. The van der Waals surface area contributed by atoms with Gasteiger partial charge in [0.05, 0.1) is 5.01 Å². The molecule has 0 aliphatic carbocycles. The largest absolute Gasteiger partial charge is 0.383 e. The van der Waals surface area contributed by atoms with Gasteiger partial charge in [0.15, 0.2) is 0 Å². The predicted octanol–water partition coefficient (Wildman–Crippen LogP) is 2.33. The predicted molar refractivity (Wildman–Crippen MR) is 63.0 cm³/mol. The first kappa shape index (κ1) is 10.1. The fourth-order valence-corrected chi connectivity index (χ4v) is 2.26. The zero-order chi connectivity index (χ0) is 10.8. The van der Waals surface area contributed by atoms with Gasteiger partial charge in [0.25, 0.3) is 0 Å². The number of pyridine rings is 1. The van der Waals surface area contributed by atoms with Crippen LogP contribution in [-0.4, -0.2) is 9.97 Å². The average Bonchev–Trinajstić information content (AvgIpc) is 2.58. The highest BCUT2D eigenvalue weighted by atomic mass is 32.1. The molecule has 2 aromatic heterocycles. The molecule has 0 bridgehead atoms. The van der Waals surface area contributed by atoms with Crippen LogP contribution in [0, 0.1) is 13.8 Å². The number of nitrogens with two attached hydrogens (primary N) is 1. The molecule has 0 aliphatic heterocycles. The van der Waals surface area contributed by atoms with Gasteiger partial charge in [0, 0.05) is 29.3 Å². The highest BCUT2D eigenvalue weighted by Crippen LogP contribution is 2.20. The maximum atomic E-state index is 5.84. The summed E-state index contributed by atoms with van der Waals surface area (Å²) in [4.78, 5) is 8.52. The van der Waals surface area contributed by atoms with Crippen molar-refractivity contribution in [1.29, 1.82) is 0 Å². The summed E-state index contributed by atoms with van der Waals surface area (Å²) in [5.74, 6) is 0.614. The number of nitrogens with zero attached hydrogens (tertiary/aromatic N) is 2. The van der Waals surface area contributed by atoms with Gasteiger partial charge in [-0.1, -0.05) is 0 Å². The number of hydrogen-bond donors (Lipinski definition) is 1. The number of aryl methyl sites for hydroxylation is 2. The molecule has 0 aliphatic rings. The minimum atomic E-state index is 0.614. The van der Waals surface area contributed by atoms with Crippen molar-refractivity contribution in [3.8, 4) is 0 Å². The lowest BCUT2D eigenvalue weighted by Gasteiger charge is -2.05. The molecule has 0 amide bonds. The molecule has 0 saturated carbocycles. The SMILES string of the molecule is Cc1csc(Cc2c(C)ccnc2N)n1. The summed E-state index contributed by atoms with van der Waals surface area (Å²) in [6.45, 7) is 4.05. The van der Waals surface area contributed by atoms with Crippen LogP contribution in [0.3, 0.4) is 0 Å². The van der Waals surface area contributed by atoms with Crippen LogP contribution >= 0.6 is 11.3 Å². The summed E-state index contributed by atoms with van der Waals surface area (Å²) in [6.07, 6.45) is 2.52. The van der Waals surface area contributed by atoms with Crippen LogP contribution in [0.2, 0.25) is 0 Å². The molecule has 0 unspecified atom stereocenters. The Kier molecular flexibility index (Phi) is 2.68. The van der Waals surface area contributed by atoms with Gasteiger partial charge in [-0.3, -0.25) is 0 Å². The minimum Gasteiger partial charge on any atom is -0.383 e. The van der Waals surface area contributed by atoms with Crippen LogP contribution in [0.15, 0.2) is 17.6 Å².